The first-order valence-electron chi connectivity index (χ1n) is 7.10. The van der Waals surface area contributed by atoms with Crippen LogP contribution in [0.5, 0.6) is 0 Å². The number of aliphatic hydroxyl groups excluding tert-OH is 1. The maximum absolute atomic E-state index is 12.1. The van der Waals surface area contributed by atoms with Crippen LogP contribution in [-0.2, 0) is 14.3 Å². The van der Waals surface area contributed by atoms with Gasteiger partial charge < -0.3 is 19.5 Å². The molecule has 2 fully saturated rings. The average Bonchev–Trinajstić information content (AvgIpc) is 2.94. The summed E-state index contributed by atoms with van der Waals surface area (Å²) < 4.78 is 11.5. The summed E-state index contributed by atoms with van der Waals surface area (Å²) in [5, 5.41) is 13.1. The van der Waals surface area contributed by atoms with Crippen LogP contribution in [0.15, 0.2) is 16.8 Å². The van der Waals surface area contributed by atoms with E-state index in [4.69, 9.17) is 14.6 Å². The van der Waals surface area contributed by atoms with E-state index in [-0.39, 0.29) is 19.1 Å². The molecular formula is C14H20N2O4S. The third kappa shape index (κ3) is 3.27. The SMILES string of the molecule is O=C1CO[C@@]2(COCCN(CCO)C2)CN1c1ccsc1. The molecule has 2 aliphatic rings. The van der Waals surface area contributed by atoms with Crippen molar-refractivity contribution in [2.24, 2.45) is 0 Å². The summed E-state index contributed by atoms with van der Waals surface area (Å²) in [6.07, 6.45) is 0. The van der Waals surface area contributed by atoms with E-state index in [2.05, 4.69) is 4.90 Å². The second-order valence-electron chi connectivity index (χ2n) is 5.49. The second-order valence-corrected chi connectivity index (χ2v) is 6.27. The first-order chi connectivity index (χ1) is 10.2. The highest BCUT2D eigenvalue weighted by atomic mass is 32.1. The number of anilines is 1. The van der Waals surface area contributed by atoms with E-state index >= 15 is 0 Å². The van der Waals surface area contributed by atoms with Crippen molar-refractivity contribution in [1.82, 2.24) is 4.90 Å². The molecule has 0 unspecified atom stereocenters. The minimum atomic E-state index is -0.512. The Balaban J connectivity index is 1.78. The molecule has 0 aliphatic carbocycles. The predicted octanol–water partition coefficient (Wildman–Crippen LogP) is 0.175. The van der Waals surface area contributed by atoms with Crippen LogP contribution < -0.4 is 4.90 Å². The maximum atomic E-state index is 12.1. The topological polar surface area (TPSA) is 62.2 Å². The van der Waals surface area contributed by atoms with Crippen molar-refractivity contribution in [1.29, 1.82) is 0 Å². The fourth-order valence-electron chi connectivity index (χ4n) is 2.86. The maximum Gasteiger partial charge on any atom is 0.253 e. The first-order valence-corrected chi connectivity index (χ1v) is 8.04. The summed E-state index contributed by atoms with van der Waals surface area (Å²) in [7, 11) is 0. The predicted molar refractivity (Wildman–Crippen MR) is 79.7 cm³/mol. The Hall–Kier alpha value is -0.990. The Morgan fingerprint density at radius 3 is 3.10 bits per heavy atom. The van der Waals surface area contributed by atoms with Crippen LogP contribution in [-0.4, -0.2) is 74.1 Å². The summed E-state index contributed by atoms with van der Waals surface area (Å²) in [5.41, 5.74) is 0.409. The van der Waals surface area contributed by atoms with Crippen LogP contribution in [0.3, 0.4) is 0 Å². The molecule has 0 bridgehead atoms. The monoisotopic (exact) mass is 312 g/mol. The van der Waals surface area contributed by atoms with Crippen molar-refractivity contribution in [2.45, 2.75) is 5.60 Å². The van der Waals surface area contributed by atoms with Crippen LogP contribution in [0.4, 0.5) is 5.69 Å². The van der Waals surface area contributed by atoms with Crippen molar-refractivity contribution in [3.8, 4) is 0 Å². The molecule has 7 heteroatoms. The zero-order valence-electron chi connectivity index (χ0n) is 11.9. The number of morpholine rings is 1. The highest BCUT2D eigenvalue weighted by Gasteiger charge is 2.43. The lowest BCUT2D eigenvalue weighted by Crippen LogP contribution is -2.61. The van der Waals surface area contributed by atoms with Crippen molar-refractivity contribution >= 4 is 22.9 Å². The number of carbonyl (C=O) groups is 1. The minimum absolute atomic E-state index is 0.0167. The highest BCUT2D eigenvalue weighted by molar-refractivity contribution is 7.08. The van der Waals surface area contributed by atoms with Gasteiger partial charge in [-0.3, -0.25) is 9.69 Å². The summed E-state index contributed by atoms with van der Waals surface area (Å²) in [4.78, 5) is 16.0. The van der Waals surface area contributed by atoms with Crippen LogP contribution in [0.1, 0.15) is 0 Å². The van der Waals surface area contributed by atoms with Gasteiger partial charge in [-0.1, -0.05) is 0 Å². The molecule has 116 valence electrons. The number of ether oxygens (including phenoxy) is 2. The Kier molecular flexibility index (Phi) is 4.56. The number of hydrogen-bond acceptors (Lipinski definition) is 6. The van der Waals surface area contributed by atoms with Crippen molar-refractivity contribution in [2.75, 3.05) is 57.5 Å². The largest absolute Gasteiger partial charge is 0.395 e. The smallest absolute Gasteiger partial charge is 0.253 e. The van der Waals surface area contributed by atoms with Crippen molar-refractivity contribution in [3.63, 3.8) is 0 Å². The zero-order valence-corrected chi connectivity index (χ0v) is 12.7. The van der Waals surface area contributed by atoms with E-state index < -0.39 is 5.60 Å². The quantitative estimate of drug-likeness (QED) is 0.862. The van der Waals surface area contributed by atoms with Gasteiger partial charge in [-0.15, -0.1) is 0 Å². The van der Waals surface area contributed by atoms with E-state index in [0.29, 0.717) is 32.8 Å². The molecule has 3 heterocycles. The molecule has 0 saturated carbocycles. The van der Waals surface area contributed by atoms with Gasteiger partial charge in [-0.2, -0.15) is 11.3 Å². The summed E-state index contributed by atoms with van der Waals surface area (Å²) in [6, 6.07) is 1.95. The summed E-state index contributed by atoms with van der Waals surface area (Å²) in [5.74, 6) is -0.0167. The lowest BCUT2D eigenvalue weighted by Gasteiger charge is -2.42. The number of carbonyl (C=O) groups excluding carboxylic acids is 1. The third-order valence-corrected chi connectivity index (χ3v) is 4.58. The molecule has 0 aromatic carbocycles. The lowest BCUT2D eigenvalue weighted by atomic mass is 10.0. The van der Waals surface area contributed by atoms with Crippen molar-refractivity contribution in [3.05, 3.63) is 16.8 Å². The molecule has 0 radical (unpaired) electrons. The summed E-state index contributed by atoms with van der Waals surface area (Å²) >= 11 is 1.57. The van der Waals surface area contributed by atoms with Crippen LogP contribution in [0.25, 0.3) is 0 Å². The van der Waals surface area contributed by atoms with Gasteiger partial charge in [0.05, 0.1) is 32.1 Å². The van der Waals surface area contributed by atoms with E-state index in [1.165, 1.54) is 0 Å². The molecule has 6 nitrogen and oxygen atoms in total. The Morgan fingerprint density at radius 1 is 1.43 bits per heavy atom. The van der Waals surface area contributed by atoms with Gasteiger partial charge in [0.15, 0.2) is 0 Å². The molecule has 1 aromatic rings. The van der Waals surface area contributed by atoms with E-state index in [9.17, 15) is 4.79 Å². The zero-order chi connectivity index (χ0) is 14.7. The molecule has 1 atom stereocenters. The molecule has 1 amide bonds. The molecule has 3 rings (SSSR count). The molecule has 1 spiro atoms. The number of β-amino-alcohol motifs (C(OH)–C–C–N with tert-alkyl or cyclic N) is 1. The Labute approximate surface area is 127 Å². The molecule has 21 heavy (non-hydrogen) atoms. The second kappa shape index (κ2) is 6.41. The normalized spacial score (nSPS) is 28.0. The first kappa shape index (κ1) is 14.9. The van der Waals surface area contributed by atoms with Gasteiger partial charge in [-0.05, 0) is 11.4 Å². The number of rotatable bonds is 3. The number of nitrogens with zero attached hydrogens (tertiary/aromatic N) is 2. The van der Waals surface area contributed by atoms with Crippen LogP contribution in [0, 0.1) is 0 Å². The molecule has 2 saturated heterocycles. The van der Waals surface area contributed by atoms with Crippen LogP contribution in [0.2, 0.25) is 0 Å². The Morgan fingerprint density at radius 2 is 2.33 bits per heavy atom. The van der Waals surface area contributed by atoms with Gasteiger partial charge in [0.25, 0.3) is 5.91 Å². The number of hydrogen-bond donors (Lipinski definition) is 1. The van der Waals surface area contributed by atoms with Gasteiger partial charge in [0.2, 0.25) is 0 Å². The van der Waals surface area contributed by atoms with Crippen molar-refractivity contribution < 1.29 is 19.4 Å². The van der Waals surface area contributed by atoms with Gasteiger partial charge >= 0.3 is 0 Å². The highest BCUT2D eigenvalue weighted by Crippen LogP contribution is 2.28. The summed E-state index contributed by atoms with van der Waals surface area (Å²) in [6.45, 7) is 3.82. The molecule has 1 N–H and O–H groups in total. The third-order valence-electron chi connectivity index (χ3n) is 3.91. The fourth-order valence-corrected chi connectivity index (χ4v) is 3.50. The average molecular weight is 312 g/mol. The molecule has 2 aliphatic heterocycles. The van der Waals surface area contributed by atoms with E-state index in [1.807, 2.05) is 16.8 Å². The van der Waals surface area contributed by atoms with Gasteiger partial charge in [0.1, 0.15) is 12.2 Å². The van der Waals surface area contributed by atoms with Gasteiger partial charge in [-0.25, -0.2) is 0 Å². The fraction of sp³-hybridized carbons (Fsp3) is 0.643. The minimum Gasteiger partial charge on any atom is -0.395 e. The lowest BCUT2D eigenvalue weighted by molar-refractivity contribution is -0.146. The number of aliphatic hydroxyl groups is 1. The number of thiophene rings is 1. The molecule has 1 aromatic heterocycles. The molecular weight excluding hydrogens is 292 g/mol. The van der Waals surface area contributed by atoms with E-state index in [0.717, 1.165) is 12.2 Å². The van der Waals surface area contributed by atoms with Gasteiger partial charge in [0, 0.05) is 25.0 Å². The van der Waals surface area contributed by atoms with E-state index in [1.54, 1.807) is 16.2 Å². The number of amides is 1. The van der Waals surface area contributed by atoms with Crippen LogP contribution >= 0.6 is 11.3 Å². The Bertz CT molecular complexity index is 481. The standard InChI is InChI=1S/C14H20N2O4S/c17-4-2-15-3-5-19-11-14(9-15)10-16(13(18)7-20-14)12-1-6-21-8-12/h1,6,8,17H,2-5,7,9-11H2/t14-/m1/s1.